The van der Waals surface area contributed by atoms with Crippen molar-refractivity contribution in [3.8, 4) is 0 Å². The predicted molar refractivity (Wildman–Crippen MR) is 81.5 cm³/mol. The molecule has 21 heavy (non-hydrogen) atoms. The first-order valence-electron chi connectivity index (χ1n) is 6.29. The van der Waals surface area contributed by atoms with Gasteiger partial charge in [0, 0.05) is 4.47 Å². The molecule has 2 aromatic rings. The Morgan fingerprint density at radius 2 is 1.81 bits per heavy atom. The summed E-state index contributed by atoms with van der Waals surface area (Å²) in [4.78, 5) is 37.7. The maximum absolute atomic E-state index is 12.6. The van der Waals surface area contributed by atoms with E-state index in [4.69, 9.17) is 0 Å². The minimum Gasteiger partial charge on any atom is -0.283 e. The van der Waals surface area contributed by atoms with Gasteiger partial charge in [0.2, 0.25) is 0 Å². The number of rotatable bonds is 1. The molecule has 2 aromatic carbocycles. The molecule has 0 fully saturated rings. The van der Waals surface area contributed by atoms with Gasteiger partial charge in [0.15, 0.2) is 0 Å². The maximum atomic E-state index is 12.6. The van der Waals surface area contributed by atoms with Crippen molar-refractivity contribution < 1.29 is 14.4 Å². The number of halogens is 1. The van der Waals surface area contributed by atoms with E-state index >= 15 is 0 Å². The van der Waals surface area contributed by atoms with Crippen molar-refractivity contribution in [1.82, 2.24) is 0 Å². The Morgan fingerprint density at radius 1 is 1.10 bits per heavy atom. The summed E-state index contributed by atoms with van der Waals surface area (Å²) in [6.07, 6.45) is 0. The molecule has 1 aliphatic heterocycles. The summed E-state index contributed by atoms with van der Waals surface area (Å²) in [5, 5.41) is 0. The van der Waals surface area contributed by atoms with Crippen molar-refractivity contribution in [1.29, 1.82) is 0 Å². The van der Waals surface area contributed by atoms with Crippen LogP contribution in [0.25, 0.3) is 0 Å². The molecule has 0 unspecified atom stereocenters. The summed E-state index contributed by atoms with van der Waals surface area (Å²) in [6, 6.07) is 11.8. The van der Waals surface area contributed by atoms with Crippen molar-refractivity contribution in [3.05, 3.63) is 63.6 Å². The van der Waals surface area contributed by atoms with Gasteiger partial charge in [0.05, 0.1) is 16.8 Å². The average molecular weight is 344 g/mol. The number of ketones is 1. The van der Waals surface area contributed by atoms with Crippen molar-refractivity contribution in [2.75, 3.05) is 4.90 Å². The lowest BCUT2D eigenvalue weighted by molar-refractivity contribution is -0.113. The zero-order valence-electron chi connectivity index (χ0n) is 11.1. The third kappa shape index (κ3) is 2.10. The van der Waals surface area contributed by atoms with Crippen LogP contribution < -0.4 is 4.90 Å². The van der Waals surface area contributed by atoms with E-state index in [1.807, 2.05) is 6.92 Å². The Bertz CT molecular complexity index is 798. The molecule has 104 valence electrons. The molecule has 0 radical (unpaired) electrons. The van der Waals surface area contributed by atoms with E-state index in [0.29, 0.717) is 15.7 Å². The maximum Gasteiger partial charge on any atom is 0.306 e. The number of hydrogen-bond donors (Lipinski definition) is 0. The summed E-state index contributed by atoms with van der Waals surface area (Å²) in [7, 11) is 0. The molecular formula is C16H10BrNO3. The number of anilines is 1. The highest BCUT2D eigenvalue weighted by Gasteiger charge is 2.40. The molecule has 5 heteroatoms. The SMILES string of the molecule is Cc1ccc2c(c1)C(=O)C(=O)N2C(=O)c1ccccc1Br. The Kier molecular flexibility index (Phi) is 3.22. The molecule has 0 saturated heterocycles. The van der Waals surface area contributed by atoms with E-state index in [1.165, 1.54) is 0 Å². The van der Waals surface area contributed by atoms with Crippen LogP contribution in [0.2, 0.25) is 0 Å². The third-order valence-corrected chi connectivity index (χ3v) is 4.03. The molecule has 4 nitrogen and oxygen atoms in total. The van der Waals surface area contributed by atoms with Gasteiger partial charge < -0.3 is 0 Å². The van der Waals surface area contributed by atoms with Crippen LogP contribution in [-0.2, 0) is 4.79 Å². The summed E-state index contributed by atoms with van der Waals surface area (Å²) in [6.45, 7) is 1.83. The van der Waals surface area contributed by atoms with E-state index in [0.717, 1.165) is 10.5 Å². The van der Waals surface area contributed by atoms with Crippen molar-refractivity contribution in [3.63, 3.8) is 0 Å². The lowest BCUT2D eigenvalue weighted by Crippen LogP contribution is -2.36. The number of carbonyl (C=O) groups is 3. The van der Waals surface area contributed by atoms with Crippen LogP contribution in [0.4, 0.5) is 5.69 Å². The van der Waals surface area contributed by atoms with Gasteiger partial charge in [-0.05, 0) is 47.1 Å². The predicted octanol–water partition coefficient (Wildman–Crippen LogP) is 3.13. The van der Waals surface area contributed by atoms with Crippen LogP contribution in [0.5, 0.6) is 0 Å². The topological polar surface area (TPSA) is 54.5 Å². The van der Waals surface area contributed by atoms with Crippen molar-refractivity contribution >= 4 is 39.2 Å². The summed E-state index contributed by atoms with van der Waals surface area (Å²) in [5.41, 5.74) is 1.83. The summed E-state index contributed by atoms with van der Waals surface area (Å²) in [5.74, 6) is -1.96. The van der Waals surface area contributed by atoms with Gasteiger partial charge in [-0.1, -0.05) is 23.8 Å². The smallest absolute Gasteiger partial charge is 0.283 e. The molecule has 0 aromatic heterocycles. The van der Waals surface area contributed by atoms with Crippen LogP contribution in [-0.4, -0.2) is 17.6 Å². The standard InChI is InChI=1S/C16H10BrNO3/c1-9-6-7-13-11(8-9)14(19)16(21)18(13)15(20)10-4-2-3-5-12(10)17/h2-8H,1H3. The Labute approximate surface area is 129 Å². The van der Waals surface area contributed by atoms with Gasteiger partial charge in [0.1, 0.15) is 0 Å². The van der Waals surface area contributed by atoms with Gasteiger partial charge in [-0.25, -0.2) is 4.90 Å². The Hall–Kier alpha value is -2.27. The molecule has 0 N–H and O–H groups in total. The summed E-state index contributed by atoms with van der Waals surface area (Å²) < 4.78 is 0.579. The van der Waals surface area contributed by atoms with Gasteiger partial charge in [0.25, 0.3) is 11.7 Å². The molecule has 3 rings (SSSR count). The number of Topliss-reactive ketones (excluding diaryl/α,β-unsaturated/α-hetero) is 1. The number of imide groups is 1. The first kappa shape index (κ1) is 13.7. The molecule has 1 heterocycles. The van der Waals surface area contributed by atoms with Crippen LogP contribution in [0, 0.1) is 6.92 Å². The minimum atomic E-state index is -0.809. The Balaban J connectivity index is 2.12. The first-order valence-corrected chi connectivity index (χ1v) is 7.08. The van der Waals surface area contributed by atoms with E-state index in [-0.39, 0.29) is 5.56 Å². The number of nitrogens with zero attached hydrogens (tertiary/aromatic N) is 1. The first-order chi connectivity index (χ1) is 10.0. The van der Waals surface area contributed by atoms with Gasteiger partial charge in [-0.2, -0.15) is 0 Å². The van der Waals surface area contributed by atoms with E-state index < -0.39 is 17.6 Å². The van der Waals surface area contributed by atoms with E-state index in [2.05, 4.69) is 15.9 Å². The highest BCUT2D eigenvalue weighted by Crippen LogP contribution is 2.32. The van der Waals surface area contributed by atoms with Gasteiger partial charge in [-0.3, -0.25) is 14.4 Å². The second-order valence-corrected chi connectivity index (χ2v) is 5.63. The highest BCUT2D eigenvalue weighted by molar-refractivity contribution is 9.10. The van der Waals surface area contributed by atoms with E-state index in [1.54, 1.807) is 42.5 Å². The van der Waals surface area contributed by atoms with Gasteiger partial charge >= 0.3 is 5.91 Å². The molecule has 1 aliphatic rings. The average Bonchev–Trinajstić information content (AvgIpc) is 2.71. The molecular weight excluding hydrogens is 334 g/mol. The fourth-order valence-electron chi connectivity index (χ4n) is 2.31. The lowest BCUT2D eigenvalue weighted by atomic mass is 10.1. The number of amides is 2. The summed E-state index contributed by atoms with van der Waals surface area (Å²) >= 11 is 3.29. The number of benzene rings is 2. The third-order valence-electron chi connectivity index (χ3n) is 3.34. The van der Waals surface area contributed by atoms with Crippen LogP contribution in [0.15, 0.2) is 46.9 Å². The largest absolute Gasteiger partial charge is 0.306 e. The molecule has 0 spiro atoms. The molecule has 0 atom stereocenters. The van der Waals surface area contributed by atoms with Crippen LogP contribution >= 0.6 is 15.9 Å². The monoisotopic (exact) mass is 343 g/mol. The highest BCUT2D eigenvalue weighted by atomic mass is 79.9. The molecule has 0 aliphatic carbocycles. The van der Waals surface area contributed by atoms with Gasteiger partial charge in [-0.15, -0.1) is 0 Å². The molecule has 0 bridgehead atoms. The number of carbonyl (C=O) groups excluding carboxylic acids is 3. The number of fused-ring (bicyclic) bond motifs is 1. The Morgan fingerprint density at radius 3 is 2.52 bits per heavy atom. The second kappa shape index (κ2) is 4.93. The molecule has 0 saturated carbocycles. The zero-order chi connectivity index (χ0) is 15.1. The number of aryl methyl sites for hydroxylation is 1. The zero-order valence-corrected chi connectivity index (χ0v) is 12.7. The number of hydrogen-bond acceptors (Lipinski definition) is 3. The minimum absolute atomic E-state index is 0.278. The second-order valence-electron chi connectivity index (χ2n) is 4.78. The normalized spacial score (nSPS) is 13.5. The molecule has 2 amide bonds. The van der Waals surface area contributed by atoms with Crippen LogP contribution in [0.1, 0.15) is 26.3 Å². The quantitative estimate of drug-likeness (QED) is 0.590. The van der Waals surface area contributed by atoms with E-state index in [9.17, 15) is 14.4 Å². The lowest BCUT2D eigenvalue weighted by Gasteiger charge is -2.15. The van der Waals surface area contributed by atoms with Crippen molar-refractivity contribution in [2.45, 2.75) is 6.92 Å². The fourth-order valence-corrected chi connectivity index (χ4v) is 2.76. The fraction of sp³-hybridized carbons (Fsp3) is 0.0625. The van der Waals surface area contributed by atoms with Crippen molar-refractivity contribution in [2.24, 2.45) is 0 Å². The van der Waals surface area contributed by atoms with Crippen LogP contribution in [0.3, 0.4) is 0 Å².